The molecule has 3 aliphatic heterocycles. The smallest absolute Gasteiger partial charge is 0.459 e. The Morgan fingerprint density at radius 3 is 2.70 bits per heavy atom. The van der Waals surface area contributed by atoms with Gasteiger partial charge < -0.3 is 29.6 Å². The molecule has 0 bridgehead atoms. The van der Waals surface area contributed by atoms with Crippen LogP contribution in [-0.2, 0) is 28.1 Å². The van der Waals surface area contributed by atoms with Crippen LogP contribution in [-0.4, -0.2) is 96.3 Å². The van der Waals surface area contributed by atoms with Crippen molar-refractivity contribution in [1.82, 2.24) is 9.99 Å². The Kier molecular flexibility index (Phi) is 8.93. The van der Waals surface area contributed by atoms with Crippen molar-refractivity contribution >= 4 is 31.3 Å². The number of carbonyl (C=O) groups excluding carboxylic acids is 1. The van der Waals surface area contributed by atoms with Crippen molar-refractivity contribution in [3.8, 4) is 5.75 Å². The van der Waals surface area contributed by atoms with Gasteiger partial charge in [-0.3, -0.25) is 14.3 Å². The van der Waals surface area contributed by atoms with Gasteiger partial charge in [0.2, 0.25) is 11.9 Å². The van der Waals surface area contributed by atoms with Crippen LogP contribution in [0.1, 0.15) is 27.7 Å². The normalized spacial score (nSPS) is 30.6. The third-order valence-corrected chi connectivity index (χ3v) is 7.94. The summed E-state index contributed by atoms with van der Waals surface area (Å²) in [6.07, 6.45) is -5.57. The number of hydrogen-bond donors (Lipinski definition) is 3. The number of benzene rings is 1. The fourth-order valence-electron chi connectivity index (χ4n) is 4.38. The Labute approximate surface area is 231 Å². The average molecular weight is 585 g/mol. The minimum absolute atomic E-state index is 0.0315. The molecule has 1 aromatic carbocycles. The molecule has 0 saturated carbocycles. The van der Waals surface area contributed by atoms with Crippen molar-refractivity contribution in [2.45, 2.75) is 70.1 Å². The molecule has 0 amide bonds. The number of nitrogens with one attached hydrogen (secondary N) is 1. The molecule has 40 heavy (non-hydrogen) atoms. The predicted octanol–water partition coefficient (Wildman–Crippen LogP) is 1.35. The van der Waals surface area contributed by atoms with Crippen LogP contribution < -0.4 is 15.3 Å². The highest BCUT2D eigenvalue weighted by Crippen LogP contribution is 2.47. The summed E-state index contributed by atoms with van der Waals surface area (Å²) in [6.45, 7) is 5.37. The third kappa shape index (κ3) is 6.35. The van der Waals surface area contributed by atoms with Gasteiger partial charge in [0.05, 0.1) is 26.5 Å². The predicted molar refractivity (Wildman–Crippen MR) is 143 cm³/mol. The summed E-state index contributed by atoms with van der Waals surface area (Å²) in [5.41, 5.74) is 3.82. The van der Waals surface area contributed by atoms with Crippen LogP contribution in [0.2, 0.25) is 0 Å². The van der Waals surface area contributed by atoms with E-state index in [1.54, 1.807) is 44.2 Å². The van der Waals surface area contributed by atoms with Crippen LogP contribution in [0.25, 0.3) is 0 Å². The van der Waals surface area contributed by atoms with Crippen LogP contribution in [0.4, 0.5) is 4.39 Å². The Balaban J connectivity index is 1.49. The van der Waals surface area contributed by atoms with Crippen molar-refractivity contribution in [3.05, 3.63) is 30.3 Å². The number of rotatable bonds is 10. The summed E-state index contributed by atoms with van der Waals surface area (Å²) in [7, 11) is -2.88. The number of halogens is 1. The number of aliphatic imine (C=N–C) groups is 3. The number of para-hydroxylation sites is 1. The number of fused-ring (bicyclic) bond motifs is 1. The maximum Gasteiger partial charge on any atom is 0.459 e. The quantitative estimate of drug-likeness (QED) is 0.267. The summed E-state index contributed by atoms with van der Waals surface area (Å²) in [5.74, 6) is -0.426. The van der Waals surface area contributed by atoms with Gasteiger partial charge in [-0.05, 0) is 39.8 Å². The summed E-state index contributed by atoms with van der Waals surface area (Å²) in [6, 6.07) is 7.06. The number of nitrogens with two attached hydrogens (primary N) is 1. The zero-order chi connectivity index (χ0) is 29.2. The molecule has 1 fully saturated rings. The molecule has 0 aromatic heterocycles. The molecule has 0 radical (unpaired) electrons. The van der Waals surface area contributed by atoms with Gasteiger partial charge in [0, 0.05) is 0 Å². The van der Waals surface area contributed by atoms with Crippen molar-refractivity contribution in [1.29, 1.82) is 0 Å². The number of alkyl halides is 1. The molecular weight excluding hydrogens is 550 g/mol. The minimum atomic E-state index is -4.28. The first-order valence-electron chi connectivity index (χ1n) is 12.6. The van der Waals surface area contributed by atoms with Gasteiger partial charge in [0.15, 0.2) is 18.1 Å². The van der Waals surface area contributed by atoms with Crippen LogP contribution in [0.5, 0.6) is 5.75 Å². The van der Waals surface area contributed by atoms with Gasteiger partial charge in [0.25, 0.3) is 0 Å². The molecule has 4 rings (SSSR count). The third-order valence-electron chi connectivity index (χ3n) is 6.30. The second-order valence-corrected chi connectivity index (χ2v) is 11.5. The van der Waals surface area contributed by atoms with E-state index < -0.39 is 62.7 Å². The van der Waals surface area contributed by atoms with Crippen LogP contribution in [0.15, 0.2) is 45.3 Å². The first kappa shape index (κ1) is 30.0. The molecule has 3 aliphatic rings. The average Bonchev–Trinajstić information content (AvgIpc) is 3.40. The molecule has 2 unspecified atom stereocenters. The lowest BCUT2D eigenvalue weighted by Crippen LogP contribution is -2.54. The van der Waals surface area contributed by atoms with E-state index in [9.17, 15) is 14.5 Å². The van der Waals surface area contributed by atoms with E-state index in [2.05, 4.69) is 20.1 Å². The number of aliphatic hydroxyl groups excluding tert-OH is 1. The van der Waals surface area contributed by atoms with E-state index in [1.165, 1.54) is 25.9 Å². The van der Waals surface area contributed by atoms with Crippen LogP contribution in [0.3, 0.4) is 0 Å². The van der Waals surface area contributed by atoms with Crippen LogP contribution >= 0.6 is 7.75 Å². The van der Waals surface area contributed by atoms with Crippen molar-refractivity contribution in [3.63, 3.8) is 0 Å². The molecule has 14 nitrogen and oxygen atoms in total. The van der Waals surface area contributed by atoms with Gasteiger partial charge in [-0.2, -0.15) is 10.1 Å². The number of ether oxygens (including phenoxy) is 3. The number of aliphatic hydroxyl groups is 1. The summed E-state index contributed by atoms with van der Waals surface area (Å²) in [4.78, 5) is 26.4. The highest BCUT2D eigenvalue weighted by atomic mass is 31.2. The van der Waals surface area contributed by atoms with Gasteiger partial charge in [-0.1, -0.05) is 18.2 Å². The molecule has 16 heteroatoms. The SMILES string of the molecule is COC1=NC(N)=NC2C1=NCN2[C@@H]1O[C@H](COP(=O)(N[C@@H](C)C(=O)OC(C)C)Oc2ccccc2)[C@@H](O)[C@@]1(C)F. The van der Waals surface area contributed by atoms with Crippen molar-refractivity contribution in [2.75, 3.05) is 20.4 Å². The molecule has 7 atom stereocenters. The second-order valence-electron chi connectivity index (χ2n) is 9.84. The van der Waals surface area contributed by atoms with Gasteiger partial charge >= 0.3 is 13.7 Å². The first-order valence-corrected chi connectivity index (χ1v) is 14.1. The molecule has 0 aliphatic carbocycles. The summed E-state index contributed by atoms with van der Waals surface area (Å²) in [5, 5.41) is 13.4. The van der Waals surface area contributed by atoms with Crippen molar-refractivity contribution in [2.24, 2.45) is 20.7 Å². The van der Waals surface area contributed by atoms with E-state index in [4.69, 9.17) is 29.0 Å². The molecule has 3 heterocycles. The monoisotopic (exact) mass is 584 g/mol. The van der Waals surface area contributed by atoms with Crippen LogP contribution in [0, 0.1) is 0 Å². The molecule has 1 saturated heterocycles. The van der Waals surface area contributed by atoms with Crippen molar-refractivity contribution < 1.29 is 42.1 Å². The lowest BCUT2D eigenvalue weighted by molar-refractivity contribution is -0.149. The van der Waals surface area contributed by atoms with E-state index in [-0.39, 0.29) is 24.3 Å². The molecule has 4 N–H and O–H groups in total. The summed E-state index contributed by atoms with van der Waals surface area (Å²) >= 11 is 0. The van der Waals surface area contributed by atoms with Gasteiger partial charge in [0.1, 0.15) is 29.7 Å². The Hall–Kier alpha value is -2.94. The lowest BCUT2D eigenvalue weighted by atomic mass is 9.98. The van der Waals surface area contributed by atoms with E-state index >= 15 is 4.39 Å². The van der Waals surface area contributed by atoms with Gasteiger partial charge in [-0.15, -0.1) is 0 Å². The Morgan fingerprint density at radius 2 is 2.05 bits per heavy atom. The minimum Gasteiger partial charge on any atom is -0.480 e. The summed E-state index contributed by atoms with van der Waals surface area (Å²) < 4.78 is 57.2. The number of carbonyl (C=O) groups is 1. The number of methoxy groups -OCH3 is 1. The second kappa shape index (κ2) is 11.9. The molecule has 0 spiro atoms. The lowest BCUT2D eigenvalue weighted by Gasteiger charge is -2.34. The fourth-order valence-corrected chi connectivity index (χ4v) is 5.88. The fraction of sp³-hybridized carbons (Fsp3) is 0.583. The largest absolute Gasteiger partial charge is 0.480 e. The Bertz CT molecular complexity index is 1230. The Morgan fingerprint density at radius 1 is 1.35 bits per heavy atom. The highest BCUT2D eigenvalue weighted by molar-refractivity contribution is 7.52. The number of hydrogen-bond acceptors (Lipinski definition) is 13. The number of esters is 1. The maximum absolute atomic E-state index is 16.0. The number of nitrogens with zero attached hydrogens (tertiary/aromatic N) is 4. The zero-order valence-electron chi connectivity index (χ0n) is 22.8. The first-order chi connectivity index (χ1) is 18.8. The standard InChI is InChI=1S/C24H34FN6O8P/c1-13(2)37-21(33)14(3)30-40(34,39-15-9-7-6-8-10-15)36-11-16-18(32)24(4,25)22(38-16)31-12-27-17-19(31)28-23(26)29-20(17)35-5/h6-10,13-14,16,18-19,22,32H,11-12H2,1-5H3,(H2,26,28)(H,30,34)/t14-,16+,18+,19?,22+,24+,40?/m0/s1. The molecule has 220 valence electrons. The molecule has 1 aromatic rings. The van der Waals surface area contributed by atoms with E-state index in [0.29, 0.717) is 5.71 Å². The highest BCUT2D eigenvalue weighted by Gasteiger charge is 2.59. The number of guanidine groups is 1. The van der Waals surface area contributed by atoms with E-state index in [0.717, 1.165) is 0 Å². The van der Waals surface area contributed by atoms with E-state index in [1.807, 2.05) is 0 Å². The molecular formula is C24H34FN6O8P. The zero-order valence-corrected chi connectivity index (χ0v) is 23.7. The maximum atomic E-state index is 16.0. The van der Waals surface area contributed by atoms with Gasteiger partial charge in [-0.25, -0.2) is 18.8 Å². The topological polar surface area (TPSA) is 179 Å².